The van der Waals surface area contributed by atoms with Crippen LogP contribution in [0.4, 0.5) is 0 Å². The van der Waals surface area contributed by atoms with E-state index in [0.717, 1.165) is 31.3 Å². The molecule has 1 aromatic carbocycles. The van der Waals surface area contributed by atoms with Gasteiger partial charge in [0.1, 0.15) is 6.04 Å². The fourth-order valence-electron chi connectivity index (χ4n) is 2.48. The molecular weight excluding hydrogens is 252 g/mol. The predicted molar refractivity (Wildman–Crippen MR) is 77.7 cm³/mol. The molecule has 0 heterocycles. The Bertz CT molecular complexity index is 500. The molecule has 2 amide bonds. The second-order valence-corrected chi connectivity index (χ2v) is 5.12. The molecule has 0 saturated heterocycles. The Hall–Kier alpha value is -2.10. The summed E-state index contributed by atoms with van der Waals surface area (Å²) >= 11 is 0. The van der Waals surface area contributed by atoms with Crippen molar-refractivity contribution < 1.29 is 9.59 Å². The van der Waals surface area contributed by atoms with Gasteiger partial charge < -0.3 is 11.1 Å². The van der Waals surface area contributed by atoms with Gasteiger partial charge in [0, 0.05) is 6.08 Å². The molecule has 0 bridgehead atoms. The van der Waals surface area contributed by atoms with Crippen molar-refractivity contribution in [2.24, 2.45) is 5.73 Å². The van der Waals surface area contributed by atoms with Crippen molar-refractivity contribution in [1.29, 1.82) is 0 Å². The SMILES string of the molecule is NC(=O)C(NC(=O)C=C1CCCCC1)c1ccccc1. The quantitative estimate of drug-likeness (QED) is 0.825. The number of hydrogen-bond acceptors (Lipinski definition) is 2. The van der Waals surface area contributed by atoms with Crippen LogP contribution in [0.15, 0.2) is 42.0 Å². The molecule has 2 rings (SSSR count). The second kappa shape index (κ2) is 6.89. The van der Waals surface area contributed by atoms with Crippen LogP contribution in [0.5, 0.6) is 0 Å². The lowest BCUT2D eigenvalue weighted by Crippen LogP contribution is -2.36. The zero-order valence-corrected chi connectivity index (χ0v) is 11.5. The van der Waals surface area contributed by atoms with Gasteiger partial charge in [0.05, 0.1) is 0 Å². The maximum absolute atomic E-state index is 12.0. The molecule has 0 spiro atoms. The minimum Gasteiger partial charge on any atom is -0.368 e. The summed E-state index contributed by atoms with van der Waals surface area (Å²) in [6, 6.07) is 8.28. The third-order valence-corrected chi connectivity index (χ3v) is 3.54. The maximum Gasteiger partial charge on any atom is 0.244 e. The third-order valence-electron chi connectivity index (χ3n) is 3.54. The van der Waals surface area contributed by atoms with Gasteiger partial charge in [-0.3, -0.25) is 9.59 Å². The number of primary amides is 1. The number of amides is 2. The predicted octanol–water partition coefficient (Wildman–Crippen LogP) is 2.22. The fourth-order valence-corrected chi connectivity index (χ4v) is 2.48. The van der Waals surface area contributed by atoms with Crippen LogP contribution in [0.3, 0.4) is 0 Å². The third kappa shape index (κ3) is 3.95. The number of allylic oxidation sites excluding steroid dienone is 1. The van der Waals surface area contributed by atoms with Crippen LogP contribution in [0.1, 0.15) is 43.7 Å². The van der Waals surface area contributed by atoms with Crippen LogP contribution < -0.4 is 11.1 Å². The summed E-state index contributed by atoms with van der Waals surface area (Å²) in [6.07, 6.45) is 7.07. The van der Waals surface area contributed by atoms with E-state index in [1.165, 1.54) is 6.42 Å². The number of rotatable bonds is 4. The number of benzene rings is 1. The van der Waals surface area contributed by atoms with E-state index < -0.39 is 11.9 Å². The Labute approximate surface area is 119 Å². The topological polar surface area (TPSA) is 72.2 Å². The number of hydrogen-bond donors (Lipinski definition) is 2. The van der Waals surface area contributed by atoms with Gasteiger partial charge in [-0.15, -0.1) is 0 Å². The fraction of sp³-hybridized carbons (Fsp3) is 0.375. The average molecular weight is 272 g/mol. The van der Waals surface area contributed by atoms with E-state index >= 15 is 0 Å². The standard InChI is InChI=1S/C16H20N2O2/c17-16(20)15(13-9-5-2-6-10-13)18-14(19)11-12-7-3-1-4-8-12/h2,5-6,9-11,15H,1,3-4,7-8H2,(H2,17,20)(H,18,19). The number of carbonyl (C=O) groups excluding carboxylic acids is 2. The zero-order valence-electron chi connectivity index (χ0n) is 11.5. The van der Waals surface area contributed by atoms with E-state index in [9.17, 15) is 9.59 Å². The molecule has 1 fully saturated rings. The molecular formula is C16H20N2O2. The molecule has 1 atom stereocenters. The van der Waals surface area contributed by atoms with E-state index in [1.54, 1.807) is 18.2 Å². The Balaban J connectivity index is 2.05. The van der Waals surface area contributed by atoms with Gasteiger partial charge in [0.2, 0.25) is 11.8 Å². The van der Waals surface area contributed by atoms with Crippen LogP contribution in [-0.4, -0.2) is 11.8 Å². The van der Waals surface area contributed by atoms with Crippen LogP contribution in [0.2, 0.25) is 0 Å². The van der Waals surface area contributed by atoms with Gasteiger partial charge in [0.25, 0.3) is 0 Å². The van der Waals surface area contributed by atoms with Gasteiger partial charge in [-0.2, -0.15) is 0 Å². The summed E-state index contributed by atoms with van der Waals surface area (Å²) in [6.45, 7) is 0. The molecule has 3 N–H and O–H groups in total. The van der Waals surface area contributed by atoms with Crippen LogP contribution in [0.25, 0.3) is 0 Å². The molecule has 0 radical (unpaired) electrons. The second-order valence-electron chi connectivity index (χ2n) is 5.12. The summed E-state index contributed by atoms with van der Waals surface area (Å²) in [5, 5.41) is 2.69. The lowest BCUT2D eigenvalue weighted by atomic mass is 9.94. The van der Waals surface area contributed by atoms with Gasteiger partial charge >= 0.3 is 0 Å². The maximum atomic E-state index is 12.0. The summed E-state index contributed by atoms with van der Waals surface area (Å²) in [5.41, 5.74) is 7.24. The van der Waals surface area contributed by atoms with Crippen molar-refractivity contribution in [2.45, 2.75) is 38.1 Å². The summed E-state index contributed by atoms with van der Waals surface area (Å²) in [5.74, 6) is -0.791. The zero-order chi connectivity index (χ0) is 14.4. The lowest BCUT2D eigenvalue weighted by Gasteiger charge is -2.16. The Morgan fingerprint density at radius 3 is 2.35 bits per heavy atom. The molecule has 20 heavy (non-hydrogen) atoms. The molecule has 0 aromatic heterocycles. The monoisotopic (exact) mass is 272 g/mol. The number of nitrogens with one attached hydrogen (secondary N) is 1. The van der Waals surface area contributed by atoms with E-state index in [2.05, 4.69) is 5.32 Å². The van der Waals surface area contributed by atoms with Crippen molar-refractivity contribution in [2.75, 3.05) is 0 Å². The highest BCUT2D eigenvalue weighted by Gasteiger charge is 2.19. The van der Waals surface area contributed by atoms with Gasteiger partial charge in [-0.1, -0.05) is 42.3 Å². The Morgan fingerprint density at radius 2 is 1.75 bits per heavy atom. The highest BCUT2D eigenvalue weighted by atomic mass is 16.2. The lowest BCUT2D eigenvalue weighted by molar-refractivity contribution is -0.125. The van der Waals surface area contributed by atoms with Crippen LogP contribution in [-0.2, 0) is 9.59 Å². The Morgan fingerprint density at radius 1 is 1.10 bits per heavy atom. The van der Waals surface area contributed by atoms with Crippen molar-refractivity contribution in [3.8, 4) is 0 Å². The Kier molecular flexibility index (Phi) is 4.93. The van der Waals surface area contributed by atoms with Crippen LogP contribution in [0, 0.1) is 0 Å². The van der Waals surface area contributed by atoms with E-state index in [4.69, 9.17) is 5.73 Å². The first-order valence-electron chi connectivity index (χ1n) is 7.01. The van der Waals surface area contributed by atoms with Gasteiger partial charge in [-0.05, 0) is 31.2 Å². The normalized spacial score (nSPS) is 16.3. The molecule has 1 unspecified atom stereocenters. The highest BCUT2D eigenvalue weighted by molar-refractivity contribution is 5.93. The molecule has 1 aromatic rings. The van der Waals surface area contributed by atoms with E-state index in [-0.39, 0.29) is 5.91 Å². The first-order valence-corrected chi connectivity index (χ1v) is 7.01. The van der Waals surface area contributed by atoms with E-state index in [1.807, 2.05) is 18.2 Å². The van der Waals surface area contributed by atoms with E-state index in [0.29, 0.717) is 5.56 Å². The van der Waals surface area contributed by atoms with Gasteiger partial charge in [-0.25, -0.2) is 0 Å². The van der Waals surface area contributed by atoms with Crippen molar-refractivity contribution >= 4 is 11.8 Å². The van der Waals surface area contributed by atoms with Crippen molar-refractivity contribution in [3.05, 3.63) is 47.5 Å². The first kappa shape index (κ1) is 14.3. The van der Waals surface area contributed by atoms with Crippen LogP contribution >= 0.6 is 0 Å². The summed E-state index contributed by atoms with van der Waals surface area (Å²) in [7, 11) is 0. The molecule has 0 aliphatic heterocycles. The average Bonchev–Trinajstić information content (AvgIpc) is 2.46. The first-order chi connectivity index (χ1) is 9.66. The summed E-state index contributed by atoms with van der Waals surface area (Å²) in [4.78, 5) is 23.5. The largest absolute Gasteiger partial charge is 0.368 e. The number of nitrogens with two attached hydrogens (primary N) is 1. The molecule has 106 valence electrons. The van der Waals surface area contributed by atoms with Gasteiger partial charge in [0.15, 0.2) is 0 Å². The van der Waals surface area contributed by atoms with Crippen molar-refractivity contribution in [3.63, 3.8) is 0 Å². The molecule has 1 aliphatic carbocycles. The minimum atomic E-state index is -0.774. The molecule has 4 heteroatoms. The summed E-state index contributed by atoms with van der Waals surface area (Å²) < 4.78 is 0. The number of carbonyl (C=O) groups is 2. The minimum absolute atomic E-state index is 0.241. The molecule has 4 nitrogen and oxygen atoms in total. The highest BCUT2D eigenvalue weighted by Crippen LogP contribution is 2.22. The smallest absolute Gasteiger partial charge is 0.244 e. The van der Waals surface area contributed by atoms with Crippen molar-refractivity contribution in [1.82, 2.24) is 5.32 Å². The molecule has 1 aliphatic rings. The molecule has 1 saturated carbocycles.